The van der Waals surface area contributed by atoms with Crippen LogP contribution >= 0.6 is 0 Å². The number of carbonyl (C=O) groups is 2. The van der Waals surface area contributed by atoms with E-state index in [9.17, 15) is 18.0 Å². The van der Waals surface area contributed by atoms with E-state index in [0.29, 0.717) is 17.1 Å². The Morgan fingerprint density at radius 3 is 2.27 bits per heavy atom. The van der Waals surface area contributed by atoms with Crippen molar-refractivity contribution >= 4 is 21.7 Å². The number of aromatic nitrogens is 1. The quantitative estimate of drug-likeness (QED) is 0.427. The van der Waals surface area contributed by atoms with Crippen LogP contribution in [0.4, 0.5) is 0 Å². The molecule has 0 saturated carbocycles. The molecule has 1 atom stereocenters. The molecule has 0 bridgehead atoms. The van der Waals surface area contributed by atoms with Crippen LogP contribution in [0, 0.1) is 5.41 Å². The lowest BCUT2D eigenvalue weighted by molar-refractivity contribution is -0.138. The molecule has 0 radical (unpaired) electrons. The number of piperidine rings is 1. The molecule has 0 aliphatic carbocycles. The number of hydrogen-bond acceptors (Lipinski definition) is 6. The molecule has 40 heavy (non-hydrogen) atoms. The molecule has 9 heteroatoms. The normalized spacial score (nSPS) is 18.1. The lowest BCUT2D eigenvalue weighted by Crippen LogP contribution is -2.45. The summed E-state index contributed by atoms with van der Waals surface area (Å²) in [5.74, 6) is 0.0266. The molecule has 2 amide bonds. The number of benzene rings is 2. The van der Waals surface area contributed by atoms with Crippen LogP contribution in [0.3, 0.4) is 0 Å². The van der Waals surface area contributed by atoms with Gasteiger partial charge >= 0.3 is 0 Å². The van der Waals surface area contributed by atoms with Crippen LogP contribution in [-0.2, 0) is 21.2 Å². The van der Waals surface area contributed by atoms with Crippen molar-refractivity contribution in [3.63, 3.8) is 0 Å². The second kappa shape index (κ2) is 11.9. The van der Waals surface area contributed by atoms with Gasteiger partial charge in [-0.15, -0.1) is 0 Å². The summed E-state index contributed by atoms with van der Waals surface area (Å²) in [5, 5.41) is 3.16. The summed E-state index contributed by atoms with van der Waals surface area (Å²) in [7, 11) is -3.24. The van der Waals surface area contributed by atoms with E-state index in [-0.39, 0.29) is 23.3 Å². The van der Waals surface area contributed by atoms with Crippen molar-refractivity contribution in [3.05, 3.63) is 95.8 Å². The Labute approximate surface area is 236 Å². The van der Waals surface area contributed by atoms with Crippen LogP contribution in [0.1, 0.15) is 53.3 Å². The Bertz CT molecular complexity index is 1420. The molecular formula is C31H36N4O4S. The number of amides is 2. The van der Waals surface area contributed by atoms with Gasteiger partial charge in [-0.1, -0.05) is 48.5 Å². The third-order valence-electron chi connectivity index (χ3n) is 8.28. The SMILES string of the molecule is CS(=O)(=O)c1ccc(CN2CCC3(CCN(CCC(NC(=O)c4ccccn4)c4ccccc4)CC3)C2=O)cc1. The van der Waals surface area contributed by atoms with E-state index in [1.807, 2.05) is 41.3 Å². The summed E-state index contributed by atoms with van der Waals surface area (Å²) in [6.45, 7) is 3.74. The van der Waals surface area contributed by atoms with E-state index in [1.165, 1.54) is 6.26 Å². The highest BCUT2D eigenvalue weighted by molar-refractivity contribution is 7.90. The molecule has 3 aromatic rings. The number of nitrogens with one attached hydrogen (secondary N) is 1. The first kappa shape index (κ1) is 28.0. The molecule has 1 N–H and O–H groups in total. The molecule has 8 nitrogen and oxygen atoms in total. The Morgan fingerprint density at radius 2 is 1.62 bits per heavy atom. The largest absolute Gasteiger partial charge is 0.344 e. The third kappa shape index (κ3) is 6.42. The number of carbonyl (C=O) groups excluding carboxylic acids is 2. The second-order valence-electron chi connectivity index (χ2n) is 11.0. The van der Waals surface area contributed by atoms with Gasteiger partial charge in [-0.05, 0) is 74.2 Å². The van der Waals surface area contributed by atoms with E-state index >= 15 is 0 Å². The Balaban J connectivity index is 1.16. The first-order valence-corrected chi connectivity index (χ1v) is 15.7. The van der Waals surface area contributed by atoms with Gasteiger partial charge in [-0.2, -0.15) is 0 Å². The minimum absolute atomic E-state index is 0.135. The van der Waals surface area contributed by atoms with Crippen LogP contribution < -0.4 is 5.32 Å². The van der Waals surface area contributed by atoms with E-state index in [1.54, 1.807) is 42.6 Å². The first-order chi connectivity index (χ1) is 19.2. The van der Waals surface area contributed by atoms with Gasteiger partial charge < -0.3 is 15.1 Å². The van der Waals surface area contributed by atoms with Gasteiger partial charge in [0.25, 0.3) is 5.91 Å². The van der Waals surface area contributed by atoms with Crippen molar-refractivity contribution in [3.8, 4) is 0 Å². The standard InChI is InChI=1S/C31H36N4O4S/c1-40(38,39)26-12-10-24(11-13-26)23-35-22-17-31(30(35)37)15-20-34(21-16-31)19-14-27(25-7-3-2-4-8-25)33-29(36)28-9-5-6-18-32-28/h2-13,18,27H,14-17,19-23H2,1H3,(H,33,36). The number of nitrogens with zero attached hydrogens (tertiary/aromatic N) is 3. The summed E-state index contributed by atoms with van der Waals surface area (Å²) in [6.07, 6.45) is 6.09. The molecule has 5 rings (SSSR count). The molecule has 1 unspecified atom stereocenters. The van der Waals surface area contributed by atoms with Crippen LogP contribution in [-0.4, -0.2) is 67.5 Å². The molecule has 210 valence electrons. The summed E-state index contributed by atoms with van der Waals surface area (Å²) in [4.78, 5) is 35.1. The topological polar surface area (TPSA) is 99.7 Å². The maximum absolute atomic E-state index is 13.5. The van der Waals surface area contributed by atoms with Crippen molar-refractivity contribution in [1.82, 2.24) is 20.1 Å². The number of likely N-dealkylation sites (tertiary alicyclic amines) is 2. The highest BCUT2D eigenvalue weighted by atomic mass is 32.2. The molecular weight excluding hydrogens is 524 g/mol. The van der Waals surface area contributed by atoms with Gasteiger partial charge in [0.15, 0.2) is 9.84 Å². The fourth-order valence-corrected chi connectivity index (χ4v) is 6.45. The molecule has 1 aromatic heterocycles. The summed E-state index contributed by atoms with van der Waals surface area (Å²) < 4.78 is 23.5. The zero-order valence-corrected chi connectivity index (χ0v) is 23.6. The van der Waals surface area contributed by atoms with Gasteiger partial charge in [-0.3, -0.25) is 14.6 Å². The number of pyridine rings is 1. The average Bonchev–Trinajstić information content (AvgIpc) is 3.26. The number of rotatable bonds is 9. The maximum atomic E-state index is 13.5. The summed E-state index contributed by atoms with van der Waals surface area (Å²) in [5.41, 5.74) is 2.09. The van der Waals surface area contributed by atoms with E-state index in [4.69, 9.17) is 0 Å². The van der Waals surface area contributed by atoms with Gasteiger partial charge in [0.1, 0.15) is 5.69 Å². The van der Waals surface area contributed by atoms with Crippen LogP contribution in [0.25, 0.3) is 0 Å². The van der Waals surface area contributed by atoms with E-state index < -0.39 is 9.84 Å². The zero-order chi connectivity index (χ0) is 28.2. The Hall–Kier alpha value is -3.56. The fraction of sp³-hybridized carbons (Fsp3) is 0.387. The van der Waals surface area contributed by atoms with E-state index in [0.717, 1.165) is 63.0 Å². The summed E-state index contributed by atoms with van der Waals surface area (Å²) >= 11 is 0. The highest BCUT2D eigenvalue weighted by Gasteiger charge is 2.47. The van der Waals surface area contributed by atoms with Crippen LogP contribution in [0.2, 0.25) is 0 Å². The average molecular weight is 561 g/mol. The van der Waals surface area contributed by atoms with Crippen molar-refractivity contribution in [2.45, 2.75) is 43.2 Å². The second-order valence-corrected chi connectivity index (χ2v) is 13.0. The number of sulfone groups is 1. The van der Waals surface area contributed by atoms with Crippen molar-refractivity contribution in [2.75, 3.05) is 32.4 Å². The highest BCUT2D eigenvalue weighted by Crippen LogP contribution is 2.42. The van der Waals surface area contributed by atoms with E-state index in [2.05, 4.69) is 15.2 Å². The lowest BCUT2D eigenvalue weighted by atomic mass is 9.77. The Kier molecular flexibility index (Phi) is 8.32. The van der Waals surface area contributed by atoms with Gasteiger partial charge in [0, 0.05) is 32.1 Å². The predicted octanol–water partition coefficient (Wildman–Crippen LogP) is 3.86. The first-order valence-electron chi connectivity index (χ1n) is 13.8. The molecule has 2 aliphatic rings. The molecule has 2 fully saturated rings. The summed E-state index contributed by atoms with van der Waals surface area (Å²) in [6, 6.07) is 22.0. The monoisotopic (exact) mass is 560 g/mol. The number of hydrogen-bond donors (Lipinski definition) is 1. The molecule has 1 spiro atoms. The minimum atomic E-state index is -3.24. The lowest BCUT2D eigenvalue weighted by Gasteiger charge is -2.38. The molecule has 2 aliphatic heterocycles. The molecule has 3 heterocycles. The van der Waals surface area contributed by atoms with Crippen molar-refractivity contribution < 1.29 is 18.0 Å². The maximum Gasteiger partial charge on any atom is 0.270 e. The minimum Gasteiger partial charge on any atom is -0.344 e. The van der Waals surface area contributed by atoms with Gasteiger partial charge in [0.2, 0.25) is 5.91 Å². The van der Waals surface area contributed by atoms with Crippen LogP contribution in [0.15, 0.2) is 83.9 Å². The van der Waals surface area contributed by atoms with Crippen molar-refractivity contribution in [1.29, 1.82) is 0 Å². The smallest absolute Gasteiger partial charge is 0.270 e. The molecule has 2 saturated heterocycles. The third-order valence-corrected chi connectivity index (χ3v) is 9.41. The zero-order valence-electron chi connectivity index (χ0n) is 22.8. The predicted molar refractivity (Wildman–Crippen MR) is 153 cm³/mol. The van der Waals surface area contributed by atoms with Gasteiger partial charge in [-0.25, -0.2) is 8.42 Å². The molecule has 2 aromatic carbocycles. The fourth-order valence-electron chi connectivity index (χ4n) is 5.82. The van der Waals surface area contributed by atoms with Crippen molar-refractivity contribution in [2.24, 2.45) is 5.41 Å². The van der Waals surface area contributed by atoms with Crippen LogP contribution in [0.5, 0.6) is 0 Å². The Morgan fingerprint density at radius 1 is 0.950 bits per heavy atom. The van der Waals surface area contributed by atoms with Gasteiger partial charge in [0.05, 0.1) is 16.4 Å².